The van der Waals surface area contributed by atoms with Crippen LogP contribution in [0.25, 0.3) is 10.9 Å². The first-order valence-electron chi connectivity index (χ1n) is 9.32. The van der Waals surface area contributed by atoms with Crippen molar-refractivity contribution in [3.05, 3.63) is 30.5 Å². The zero-order valence-electron chi connectivity index (χ0n) is 15.1. The first-order chi connectivity index (χ1) is 12.7. The molecule has 4 rings (SSSR count). The van der Waals surface area contributed by atoms with Crippen molar-refractivity contribution in [1.82, 2.24) is 14.7 Å². The van der Waals surface area contributed by atoms with Gasteiger partial charge in [-0.3, -0.25) is 9.71 Å². The van der Waals surface area contributed by atoms with E-state index in [2.05, 4.69) is 26.0 Å². The van der Waals surface area contributed by atoms with Gasteiger partial charge < -0.3 is 4.98 Å². The highest BCUT2D eigenvalue weighted by Crippen LogP contribution is 2.38. The lowest BCUT2D eigenvalue weighted by Crippen LogP contribution is -2.42. The maximum atomic E-state index is 12.9. The minimum absolute atomic E-state index is 0.167. The van der Waals surface area contributed by atoms with Gasteiger partial charge in [0.15, 0.2) is 11.0 Å². The van der Waals surface area contributed by atoms with E-state index in [1.165, 1.54) is 32.1 Å². The average Bonchev–Trinajstić information content (AvgIpc) is 3.28. The predicted molar refractivity (Wildman–Crippen MR) is 107 cm³/mol. The highest BCUT2D eigenvalue weighted by molar-refractivity contribution is 7.83. The molecule has 0 amide bonds. The molecule has 1 aromatic heterocycles. The Kier molecular flexibility index (Phi) is 4.80. The minimum atomic E-state index is -1.38. The van der Waals surface area contributed by atoms with E-state index >= 15 is 0 Å². The van der Waals surface area contributed by atoms with Crippen LogP contribution in [0.4, 0.5) is 0 Å². The first kappa shape index (κ1) is 17.3. The van der Waals surface area contributed by atoms with Crippen molar-refractivity contribution < 1.29 is 4.21 Å². The fraction of sp³-hybridized carbons (Fsp3) is 0.474. The normalized spacial score (nSPS) is 20.8. The van der Waals surface area contributed by atoms with Crippen molar-refractivity contribution in [3.8, 4) is 0 Å². The molecule has 1 atom stereocenters. The van der Waals surface area contributed by atoms with E-state index in [1.54, 1.807) is 0 Å². The van der Waals surface area contributed by atoms with Crippen LogP contribution >= 0.6 is 0 Å². The third-order valence-electron chi connectivity index (χ3n) is 5.26. The van der Waals surface area contributed by atoms with Gasteiger partial charge in [0.25, 0.3) is 0 Å². The molecule has 7 heteroatoms. The second-order valence-corrected chi connectivity index (χ2v) is 8.33. The van der Waals surface area contributed by atoms with Gasteiger partial charge in [0, 0.05) is 35.3 Å². The van der Waals surface area contributed by atoms with Gasteiger partial charge in [0.05, 0.1) is 11.4 Å². The van der Waals surface area contributed by atoms with Gasteiger partial charge in [0.2, 0.25) is 5.96 Å². The summed E-state index contributed by atoms with van der Waals surface area (Å²) in [5.74, 6) is 0.596. The smallest absolute Gasteiger partial charge is 0.227 e. The van der Waals surface area contributed by atoms with E-state index in [9.17, 15) is 4.21 Å². The Bertz CT molecular complexity index is 866. The minimum Gasteiger partial charge on any atom is -0.361 e. The number of nitrogens with one attached hydrogen (secondary N) is 2. The Morgan fingerprint density at radius 2 is 2.19 bits per heavy atom. The molecule has 1 spiro atoms. The van der Waals surface area contributed by atoms with Crippen LogP contribution in [0, 0.1) is 5.41 Å². The number of aromatic amines is 1. The molecular formula is C19H25N5OS. The van der Waals surface area contributed by atoms with Crippen LogP contribution < -0.4 is 4.72 Å². The van der Waals surface area contributed by atoms with Gasteiger partial charge >= 0.3 is 0 Å². The lowest BCUT2D eigenvalue weighted by molar-refractivity contribution is 0.254. The molecule has 2 N–H and O–H groups in total. The molecule has 6 nitrogen and oxygen atoms in total. The highest BCUT2D eigenvalue weighted by atomic mass is 32.2. The molecule has 26 heavy (non-hydrogen) atoms. The molecule has 0 bridgehead atoms. The summed E-state index contributed by atoms with van der Waals surface area (Å²) in [5.41, 5.74) is 1.21. The predicted octanol–water partition coefficient (Wildman–Crippen LogP) is 3.41. The molecule has 0 saturated heterocycles. The number of aromatic nitrogens is 1. The molecule has 2 heterocycles. The van der Waals surface area contributed by atoms with Gasteiger partial charge in [0.1, 0.15) is 0 Å². The van der Waals surface area contributed by atoms with Crippen molar-refractivity contribution in [2.24, 2.45) is 15.5 Å². The van der Waals surface area contributed by atoms with Crippen molar-refractivity contribution in [2.45, 2.75) is 43.9 Å². The molecule has 1 fully saturated rings. The van der Waals surface area contributed by atoms with Crippen molar-refractivity contribution in [1.29, 1.82) is 0 Å². The number of fused-ring (bicyclic) bond motifs is 1. The number of benzene rings is 1. The van der Waals surface area contributed by atoms with Crippen LogP contribution in [-0.4, -0.2) is 39.5 Å². The standard InChI is InChI=1S/C19H25N5OS/c1-2-20-18(24-14-19(13-22-24)9-4-3-5-10-19)23-26(25)16-6-7-17-15(12-16)8-11-21-17/h6-8,11-13,21H,2-5,9-10,14H2,1H3,(H,20,23). The monoisotopic (exact) mass is 371 g/mol. The summed E-state index contributed by atoms with van der Waals surface area (Å²) in [6, 6.07) is 7.75. The number of nitrogens with zero attached hydrogens (tertiary/aromatic N) is 3. The Morgan fingerprint density at radius 3 is 3.00 bits per heavy atom. The topological polar surface area (TPSA) is 72.8 Å². The van der Waals surface area contributed by atoms with E-state index in [0.29, 0.717) is 12.5 Å². The largest absolute Gasteiger partial charge is 0.361 e. The molecule has 1 unspecified atom stereocenters. The van der Waals surface area contributed by atoms with Gasteiger partial charge in [-0.1, -0.05) is 19.3 Å². The van der Waals surface area contributed by atoms with Crippen LogP contribution in [0.5, 0.6) is 0 Å². The number of hydrogen-bond donors (Lipinski definition) is 2. The molecule has 1 aliphatic heterocycles. The summed E-state index contributed by atoms with van der Waals surface area (Å²) in [7, 11) is -1.38. The summed E-state index contributed by atoms with van der Waals surface area (Å²) >= 11 is 0. The number of guanidine groups is 1. The Hall–Kier alpha value is -2.15. The zero-order valence-corrected chi connectivity index (χ0v) is 15.9. The molecule has 1 aliphatic carbocycles. The lowest BCUT2D eigenvalue weighted by Gasteiger charge is -2.31. The summed E-state index contributed by atoms with van der Waals surface area (Å²) in [6.07, 6.45) is 10.2. The number of aliphatic imine (C=N–C) groups is 1. The summed E-state index contributed by atoms with van der Waals surface area (Å²) in [5, 5.41) is 7.53. The van der Waals surface area contributed by atoms with E-state index in [1.807, 2.05) is 42.4 Å². The van der Waals surface area contributed by atoms with Crippen LogP contribution in [0.15, 0.2) is 45.5 Å². The summed E-state index contributed by atoms with van der Waals surface area (Å²) < 4.78 is 15.9. The Labute approximate surface area is 156 Å². The first-order valence-corrected chi connectivity index (χ1v) is 10.5. The van der Waals surface area contributed by atoms with Gasteiger partial charge in [-0.15, -0.1) is 0 Å². The van der Waals surface area contributed by atoms with Gasteiger partial charge in [-0.2, -0.15) is 5.10 Å². The summed E-state index contributed by atoms with van der Waals surface area (Å²) in [6.45, 7) is 3.43. The van der Waals surface area contributed by atoms with Crippen LogP contribution in [-0.2, 0) is 11.0 Å². The third-order valence-corrected chi connectivity index (χ3v) is 6.31. The van der Waals surface area contributed by atoms with Crippen LogP contribution in [0.2, 0.25) is 0 Å². The van der Waals surface area contributed by atoms with Gasteiger partial charge in [-0.25, -0.2) is 9.22 Å². The molecular weight excluding hydrogens is 346 g/mol. The number of rotatable bonds is 3. The SMILES string of the molecule is CCN=C(NS(=O)c1ccc2[nH]ccc2c1)N1CC2(C=N1)CCCCC2. The molecule has 2 aromatic rings. The van der Waals surface area contributed by atoms with E-state index < -0.39 is 11.0 Å². The maximum absolute atomic E-state index is 12.9. The quantitative estimate of drug-likeness (QED) is 0.641. The number of hydrazone groups is 1. The second kappa shape index (κ2) is 7.23. The molecule has 2 aliphatic rings. The fourth-order valence-electron chi connectivity index (χ4n) is 3.85. The molecule has 138 valence electrons. The third kappa shape index (κ3) is 3.40. The van der Waals surface area contributed by atoms with Crippen molar-refractivity contribution in [2.75, 3.05) is 13.1 Å². The average molecular weight is 372 g/mol. The van der Waals surface area contributed by atoms with Gasteiger partial charge in [-0.05, 0) is 44.0 Å². The Balaban J connectivity index is 1.49. The number of hydrogen-bond acceptors (Lipinski definition) is 3. The zero-order chi connectivity index (χ0) is 18.0. The van der Waals surface area contributed by atoms with E-state index in [0.717, 1.165) is 22.3 Å². The van der Waals surface area contributed by atoms with E-state index in [-0.39, 0.29) is 5.41 Å². The van der Waals surface area contributed by atoms with Crippen molar-refractivity contribution in [3.63, 3.8) is 0 Å². The Morgan fingerprint density at radius 1 is 1.35 bits per heavy atom. The summed E-state index contributed by atoms with van der Waals surface area (Å²) in [4.78, 5) is 8.41. The van der Waals surface area contributed by atoms with Crippen molar-refractivity contribution >= 4 is 34.1 Å². The van der Waals surface area contributed by atoms with E-state index in [4.69, 9.17) is 0 Å². The number of H-pyrrole nitrogens is 1. The molecule has 0 radical (unpaired) electrons. The lowest BCUT2D eigenvalue weighted by atomic mass is 9.75. The molecule has 1 aromatic carbocycles. The highest BCUT2D eigenvalue weighted by Gasteiger charge is 2.38. The molecule has 1 saturated carbocycles. The second-order valence-electron chi connectivity index (χ2n) is 7.12. The fourth-order valence-corrected chi connectivity index (χ4v) is 4.73. The van der Waals surface area contributed by atoms with Crippen LogP contribution in [0.1, 0.15) is 39.0 Å². The maximum Gasteiger partial charge on any atom is 0.227 e. The van der Waals surface area contributed by atoms with Crippen LogP contribution in [0.3, 0.4) is 0 Å².